The predicted molar refractivity (Wildman–Crippen MR) is 61.7 cm³/mol. The average molecular weight is 183 g/mol. The summed E-state index contributed by atoms with van der Waals surface area (Å²) in [5.74, 6) is 1.71. The first-order chi connectivity index (χ1) is 6.24. The maximum atomic E-state index is 2.59. The van der Waals surface area contributed by atoms with Gasteiger partial charge in [-0.1, -0.05) is 66.2 Å². The summed E-state index contributed by atoms with van der Waals surface area (Å²) in [6.45, 7) is 9.22. The van der Waals surface area contributed by atoms with Gasteiger partial charge in [0.15, 0.2) is 0 Å². The molecule has 0 fully saturated rings. The van der Waals surface area contributed by atoms with Gasteiger partial charge in [0.05, 0.1) is 0 Å². The zero-order valence-corrected chi connectivity index (χ0v) is 9.97. The highest BCUT2D eigenvalue weighted by Gasteiger charge is 2.11. The van der Waals surface area contributed by atoms with Crippen molar-refractivity contribution in [1.82, 2.24) is 0 Å². The molecule has 1 atom stereocenters. The van der Waals surface area contributed by atoms with Crippen molar-refractivity contribution in [3.05, 3.63) is 6.42 Å². The van der Waals surface area contributed by atoms with E-state index >= 15 is 0 Å². The van der Waals surface area contributed by atoms with Gasteiger partial charge in [0.2, 0.25) is 0 Å². The third-order valence-corrected chi connectivity index (χ3v) is 2.66. The fraction of sp³-hybridized carbons (Fsp3) is 0.923. The van der Waals surface area contributed by atoms with Gasteiger partial charge in [-0.3, -0.25) is 0 Å². The van der Waals surface area contributed by atoms with Gasteiger partial charge in [0.25, 0.3) is 0 Å². The molecule has 0 aromatic rings. The van der Waals surface area contributed by atoms with E-state index in [-0.39, 0.29) is 0 Å². The van der Waals surface area contributed by atoms with Crippen molar-refractivity contribution in [2.75, 3.05) is 0 Å². The third kappa shape index (κ3) is 7.10. The molecule has 0 saturated carbocycles. The van der Waals surface area contributed by atoms with E-state index in [2.05, 4.69) is 34.1 Å². The fourth-order valence-electron chi connectivity index (χ4n) is 2.09. The molecule has 0 heteroatoms. The predicted octanol–water partition coefficient (Wildman–Crippen LogP) is 4.84. The van der Waals surface area contributed by atoms with Crippen LogP contribution < -0.4 is 0 Å². The molecule has 0 spiro atoms. The van der Waals surface area contributed by atoms with Crippen LogP contribution in [0.25, 0.3) is 0 Å². The first-order valence-electron chi connectivity index (χ1n) is 6.09. The first kappa shape index (κ1) is 13.0. The monoisotopic (exact) mass is 183 g/mol. The smallest absolute Gasteiger partial charge is 0.0326 e. The molecule has 0 aromatic heterocycles. The highest BCUT2D eigenvalue weighted by atomic mass is 14.2. The van der Waals surface area contributed by atoms with Crippen LogP contribution in [0.5, 0.6) is 0 Å². The van der Waals surface area contributed by atoms with E-state index in [1.807, 2.05) is 0 Å². The van der Waals surface area contributed by atoms with Crippen molar-refractivity contribution < 1.29 is 0 Å². The summed E-state index contributed by atoms with van der Waals surface area (Å²) in [6, 6.07) is 0. The lowest BCUT2D eigenvalue weighted by molar-refractivity contribution is 0.430. The normalized spacial score (nSPS) is 13.6. The maximum absolute atomic E-state index is 2.59. The van der Waals surface area contributed by atoms with Crippen molar-refractivity contribution in [3.63, 3.8) is 0 Å². The minimum atomic E-state index is 0.827. The zero-order chi connectivity index (χ0) is 10.1. The summed E-state index contributed by atoms with van der Waals surface area (Å²) < 4.78 is 0. The Hall–Kier alpha value is 0. The summed E-state index contributed by atoms with van der Waals surface area (Å²) in [5.41, 5.74) is 0. The van der Waals surface area contributed by atoms with E-state index in [0.29, 0.717) is 0 Å². The van der Waals surface area contributed by atoms with Crippen LogP contribution in [0.4, 0.5) is 0 Å². The lowest BCUT2D eigenvalue weighted by Gasteiger charge is -2.19. The molecule has 0 N–H and O–H groups in total. The van der Waals surface area contributed by atoms with Crippen LogP contribution in [0.15, 0.2) is 0 Å². The van der Waals surface area contributed by atoms with Gasteiger partial charge in [0, 0.05) is 0 Å². The standard InChI is InChI=1S/C13H27/c1-5-8-12(4)11-13(9-6-2)10-7-3/h11-13H,5-10H2,1-4H3. The van der Waals surface area contributed by atoms with E-state index in [4.69, 9.17) is 0 Å². The van der Waals surface area contributed by atoms with Gasteiger partial charge in [-0.15, -0.1) is 0 Å². The Morgan fingerprint density at radius 1 is 0.846 bits per heavy atom. The van der Waals surface area contributed by atoms with E-state index < -0.39 is 0 Å². The lowest BCUT2D eigenvalue weighted by atomic mass is 9.87. The van der Waals surface area contributed by atoms with Crippen molar-refractivity contribution in [2.45, 2.75) is 66.2 Å². The molecule has 0 aliphatic carbocycles. The Kier molecular flexibility index (Phi) is 8.59. The van der Waals surface area contributed by atoms with E-state index in [0.717, 1.165) is 11.8 Å². The van der Waals surface area contributed by atoms with E-state index in [1.54, 1.807) is 0 Å². The van der Waals surface area contributed by atoms with Crippen molar-refractivity contribution in [1.29, 1.82) is 0 Å². The molecule has 0 aliphatic heterocycles. The molecule has 1 radical (unpaired) electrons. The summed E-state index contributed by atoms with van der Waals surface area (Å²) in [5, 5.41) is 0. The quantitative estimate of drug-likeness (QED) is 0.505. The van der Waals surface area contributed by atoms with Gasteiger partial charge in [-0.2, -0.15) is 0 Å². The average Bonchev–Trinajstić information content (AvgIpc) is 2.05. The second-order valence-corrected chi connectivity index (χ2v) is 4.30. The molecule has 0 rings (SSSR count). The molecule has 1 unspecified atom stereocenters. The van der Waals surface area contributed by atoms with E-state index in [1.165, 1.54) is 38.5 Å². The fourth-order valence-corrected chi connectivity index (χ4v) is 2.09. The second-order valence-electron chi connectivity index (χ2n) is 4.30. The van der Waals surface area contributed by atoms with Crippen molar-refractivity contribution >= 4 is 0 Å². The SMILES string of the molecule is CCCC(C)[CH]C(CCC)CCC. The number of hydrogen-bond acceptors (Lipinski definition) is 0. The highest BCUT2D eigenvalue weighted by molar-refractivity contribution is 4.80. The molecular weight excluding hydrogens is 156 g/mol. The summed E-state index contributed by atoms with van der Waals surface area (Å²) >= 11 is 0. The van der Waals surface area contributed by atoms with Crippen molar-refractivity contribution in [2.24, 2.45) is 11.8 Å². The molecule has 0 amide bonds. The van der Waals surface area contributed by atoms with Crippen LogP contribution in [0.3, 0.4) is 0 Å². The maximum Gasteiger partial charge on any atom is -0.0326 e. The highest BCUT2D eigenvalue weighted by Crippen LogP contribution is 2.23. The minimum Gasteiger partial charge on any atom is -0.0654 e. The molecule has 0 aromatic carbocycles. The largest absolute Gasteiger partial charge is 0.0654 e. The molecule has 0 saturated heterocycles. The first-order valence-corrected chi connectivity index (χ1v) is 6.09. The summed E-state index contributed by atoms with van der Waals surface area (Å²) in [6.07, 6.45) is 10.7. The molecule has 13 heavy (non-hydrogen) atoms. The Morgan fingerprint density at radius 3 is 1.69 bits per heavy atom. The Balaban J connectivity index is 3.64. The zero-order valence-electron chi connectivity index (χ0n) is 9.97. The van der Waals surface area contributed by atoms with Gasteiger partial charge in [-0.05, 0) is 18.3 Å². The Morgan fingerprint density at radius 2 is 1.31 bits per heavy atom. The van der Waals surface area contributed by atoms with Crippen molar-refractivity contribution in [3.8, 4) is 0 Å². The minimum absolute atomic E-state index is 0.827. The van der Waals surface area contributed by atoms with Gasteiger partial charge < -0.3 is 0 Å². The van der Waals surface area contributed by atoms with Gasteiger partial charge in [-0.25, -0.2) is 0 Å². The van der Waals surface area contributed by atoms with E-state index in [9.17, 15) is 0 Å². The second kappa shape index (κ2) is 8.59. The summed E-state index contributed by atoms with van der Waals surface area (Å²) in [4.78, 5) is 0. The molecular formula is C13H27. The Labute approximate surface area is 85.1 Å². The van der Waals surface area contributed by atoms with Crippen LogP contribution in [0.1, 0.15) is 66.2 Å². The van der Waals surface area contributed by atoms with Gasteiger partial charge in [0.1, 0.15) is 0 Å². The van der Waals surface area contributed by atoms with Crippen LogP contribution in [0, 0.1) is 18.3 Å². The van der Waals surface area contributed by atoms with Crippen LogP contribution in [0.2, 0.25) is 0 Å². The molecule has 0 nitrogen and oxygen atoms in total. The lowest BCUT2D eigenvalue weighted by Crippen LogP contribution is -2.07. The molecule has 0 heterocycles. The topological polar surface area (TPSA) is 0 Å². The molecule has 0 bridgehead atoms. The van der Waals surface area contributed by atoms with Crippen LogP contribution in [-0.2, 0) is 0 Å². The summed E-state index contributed by atoms with van der Waals surface area (Å²) in [7, 11) is 0. The van der Waals surface area contributed by atoms with Crippen LogP contribution >= 0.6 is 0 Å². The van der Waals surface area contributed by atoms with Gasteiger partial charge >= 0.3 is 0 Å². The van der Waals surface area contributed by atoms with Crippen LogP contribution in [-0.4, -0.2) is 0 Å². The molecule has 0 aliphatic rings. The molecule has 79 valence electrons. The number of hydrogen-bond donors (Lipinski definition) is 0. The number of rotatable bonds is 8. The Bertz CT molecular complexity index is 90.2. The third-order valence-electron chi connectivity index (χ3n) is 2.66.